The van der Waals surface area contributed by atoms with Crippen LogP contribution in [0.3, 0.4) is 0 Å². The lowest BCUT2D eigenvalue weighted by Gasteiger charge is -2.31. The van der Waals surface area contributed by atoms with Crippen LogP contribution in [0.1, 0.15) is 25.3 Å². The van der Waals surface area contributed by atoms with Crippen molar-refractivity contribution in [1.29, 1.82) is 0 Å². The Morgan fingerprint density at radius 3 is 2.67 bits per heavy atom. The molecule has 1 aromatic rings. The molecule has 2 bridgehead atoms. The van der Waals surface area contributed by atoms with E-state index in [1.54, 1.807) is 0 Å². The average molecular weight is 201 g/mol. The second-order valence-electron chi connectivity index (χ2n) is 5.30. The molecule has 0 amide bonds. The minimum Gasteiger partial charge on any atom is -0.296 e. The van der Waals surface area contributed by atoms with E-state index in [9.17, 15) is 0 Å². The van der Waals surface area contributed by atoms with Gasteiger partial charge < -0.3 is 0 Å². The molecule has 0 radical (unpaired) electrons. The fraction of sp³-hybridized carbons (Fsp3) is 0.571. The highest BCUT2D eigenvalue weighted by Gasteiger charge is 2.42. The summed E-state index contributed by atoms with van der Waals surface area (Å²) >= 11 is 0. The molecular formula is C14H19N. The van der Waals surface area contributed by atoms with Gasteiger partial charge >= 0.3 is 0 Å². The molecule has 0 aromatic heterocycles. The standard InChI is InChI=1S/C14H19N/c1-11-7-13-8-14(11)15(10-13)9-12-5-3-2-4-6-12/h2-6,11,13-14H,7-10H2,1H3. The lowest BCUT2D eigenvalue weighted by Crippen LogP contribution is -2.36. The van der Waals surface area contributed by atoms with Crippen LogP contribution in [-0.2, 0) is 6.54 Å². The Morgan fingerprint density at radius 1 is 1.20 bits per heavy atom. The molecule has 1 heterocycles. The number of benzene rings is 1. The van der Waals surface area contributed by atoms with E-state index in [4.69, 9.17) is 0 Å². The van der Waals surface area contributed by atoms with E-state index < -0.39 is 0 Å². The average Bonchev–Trinajstić information content (AvgIpc) is 2.77. The normalized spacial score (nSPS) is 34.9. The zero-order valence-corrected chi connectivity index (χ0v) is 9.39. The molecule has 0 N–H and O–H groups in total. The zero-order valence-electron chi connectivity index (χ0n) is 9.39. The van der Waals surface area contributed by atoms with Gasteiger partial charge in [0.05, 0.1) is 0 Å². The van der Waals surface area contributed by atoms with E-state index in [-0.39, 0.29) is 0 Å². The van der Waals surface area contributed by atoms with Crippen LogP contribution in [0.25, 0.3) is 0 Å². The van der Waals surface area contributed by atoms with E-state index in [0.717, 1.165) is 24.4 Å². The summed E-state index contributed by atoms with van der Waals surface area (Å²) in [6, 6.07) is 11.8. The minimum absolute atomic E-state index is 0.871. The molecule has 3 atom stereocenters. The van der Waals surface area contributed by atoms with Crippen molar-refractivity contribution in [3.05, 3.63) is 35.9 Å². The van der Waals surface area contributed by atoms with Crippen molar-refractivity contribution in [3.8, 4) is 0 Å². The first-order chi connectivity index (χ1) is 7.33. The van der Waals surface area contributed by atoms with Crippen LogP contribution in [0.15, 0.2) is 30.3 Å². The Hall–Kier alpha value is -0.820. The van der Waals surface area contributed by atoms with E-state index in [2.05, 4.69) is 42.2 Å². The van der Waals surface area contributed by atoms with E-state index in [1.807, 2.05) is 0 Å². The van der Waals surface area contributed by atoms with Crippen molar-refractivity contribution in [2.24, 2.45) is 11.8 Å². The summed E-state index contributed by atoms with van der Waals surface area (Å²) in [5.74, 6) is 1.92. The molecular weight excluding hydrogens is 182 g/mol. The Kier molecular flexibility index (Phi) is 2.28. The molecule has 15 heavy (non-hydrogen) atoms. The summed E-state index contributed by atoms with van der Waals surface area (Å²) in [4.78, 5) is 2.69. The molecule has 1 saturated carbocycles. The van der Waals surface area contributed by atoms with Crippen LogP contribution in [0.5, 0.6) is 0 Å². The second kappa shape index (κ2) is 3.64. The molecule has 2 fully saturated rings. The summed E-state index contributed by atoms with van der Waals surface area (Å²) in [6.07, 6.45) is 2.92. The fourth-order valence-electron chi connectivity index (χ4n) is 3.48. The van der Waals surface area contributed by atoms with E-state index in [0.29, 0.717) is 0 Å². The van der Waals surface area contributed by atoms with Crippen molar-refractivity contribution in [1.82, 2.24) is 4.90 Å². The SMILES string of the molecule is CC1CC2CC1N(Cc1ccccc1)C2. The number of likely N-dealkylation sites (tertiary alicyclic amines) is 1. The molecule has 1 aliphatic carbocycles. The van der Waals surface area contributed by atoms with Gasteiger partial charge in [0.25, 0.3) is 0 Å². The van der Waals surface area contributed by atoms with Gasteiger partial charge in [-0.2, -0.15) is 0 Å². The smallest absolute Gasteiger partial charge is 0.0236 e. The Balaban J connectivity index is 1.70. The maximum absolute atomic E-state index is 2.69. The number of nitrogens with zero attached hydrogens (tertiary/aromatic N) is 1. The molecule has 1 heteroatoms. The lowest BCUT2D eigenvalue weighted by molar-refractivity contribution is 0.159. The van der Waals surface area contributed by atoms with Crippen LogP contribution in [0.2, 0.25) is 0 Å². The molecule has 2 aliphatic rings. The highest BCUT2D eigenvalue weighted by molar-refractivity contribution is 5.15. The first-order valence-corrected chi connectivity index (χ1v) is 6.11. The number of hydrogen-bond donors (Lipinski definition) is 0. The third-order valence-electron chi connectivity index (χ3n) is 4.13. The van der Waals surface area contributed by atoms with Crippen molar-refractivity contribution in [3.63, 3.8) is 0 Å². The molecule has 1 saturated heterocycles. The van der Waals surface area contributed by atoms with Crippen molar-refractivity contribution in [2.75, 3.05) is 6.54 Å². The minimum atomic E-state index is 0.871. The molecule has 1 aromatic carbocycles. The predicted octanol–water partition coefficient (Wildman–Crippen LogP) is 2.92. The Bertz CT molecular complexity index is 332. The largest absolute Gasteiger partial charge is 0.296 e. The summed E-state index contributed by atoms with van der Waals surface area (Å²) in [7, 11) is 0. The van der Waals surface area contributed by atoms with Crippen LogP contribution in [0, 0.1) is 11.8 Å². The highest BCUT2D eigenvalue weighted by atomic mass is 15.2. The topological polar surface area (TPSA) is 3.24 Å². The molecule has 3 unspecified atom stereocenters. The monoisotopic (exact) mass is 201 g/mol. The van der Waals surface area contributed by atoms with Gasteiger partial charge in [-0.3, -0.25) is 4.90 Å². The number of fused-ring (bicyclic) bond motifs is 2. The number of rotatable bonds is 2. The molecule has 1 nitrogen and oxygen atoms in total. The van der Waals surface area contributed by atoms with E-state index in [1.165, 1.54) is 24.9 Å². The van der Waals surface area contributed by atoms with Gasteiger partial charge in [-0.05, 0) is 30.2 Å². The third kappa shape index (κ3) is 1.69. The van der Waals surface area contributed by atoms with Crippen molar-refractivity contribution >= 4 is 0 Å². The molecule has 0 spiro atoms. The zero-order chi connectivity index (χ0) is 10.3. The molecule has 3 rings (SSSR count). The van der Waals surface area contributed by atoms with Crippen LogP contribution >= 0.6 is 0 Å². The van der Waals surface area contributed by atoms with E-state index >= 15 is 0 Å². The van der Waals surface area contributed by atoms with Crippen molar-refractivity contribution < 1.29 is 0 Å². The fourth-order valence-corrected chi connectivity index (χ4v) is 3.48. The predicted molar refractivity (Wildman–Crippen MR) is 62.5 cm³/mol. The first kappa shape index (κ1) is 9.41. The van der Waals surface area contributed by atoms with Crippen LogP contribution in [0.4, 0.5) is 0 Å². The van der Waals surface area contributed by atoms with Gasteiger partial charge in [0, 0.05) is 19.1 Å². The van der Waals surface area contributed by atoms with Gasteiger partial charge in [-0.25, -0.2) is 0 Å². The van der Waals surface area contributed by atoms with Gasteiger partial charge in [-0.15, -0.1) is 0 Å². The summed E-state index contributed by atoms with van der Waals surface area (Å²) in [5.41, 5.74) is 1.47. The number of piperidine rings is 1. The van der Waals surface area contributed by atoms with Crippen LogP contribution < -0.4 is 0 Å². The summed E-state index contributed by atoms with van der Waals surface area (Å²) in [5, 5.41) is 0. The lowest BCUT2D eigenvalue weighted by atomic mass is 10.00. The summed E-state index contributed by atoms with van der Waals surface area (Å²) in [6.45, 7) is 4.91. The Labute approximate surface area is 92.1 Å². The maximum atomic E-state index is 2.69. The third-order valence-corrected chi connectivity index (χ3v) is 4.13. The second-order valence-corrected chi connectivity index (χ2v) is 5.30. The first-order valence-electron chi connectivity index (χ1n) is 6.11. The number of hydrogen-bond acceptors (Lipinski definition) is 1. The van der Waals surface area contributed by atoms with Gasteiger partial charge in [-0.1, -0.05) is 37.3 Å². The summed E-state index contributed by atoms with van der Waals surface area (Å²) < 4.78 is 0. The van der Waals surface area contributed by atoms with Gasteiger partial charge in [0.2, 0.25) is 0 Å². The molecule has 1 aliphatic heterocycles. The van der Waals surface area contributed by atoms with Crippen molar-refractivity contribution in [2.45, 2.75) is 32.4 Å². The molecule has 80 valence electrons. The Morgan fingerprint density at radius 2 is 2.00 bits per heavy atom. The highest BCUT2D eigenvalue weighted by Crippen LogP contribution is 2.41. The maximum Gasteiger partial charge on any atom is 0.0236 e. The van der Waals surface area contributed by atoms with Gasteiger partial charge in [0.1, 0.15) is 0 Å². The van der Waals surface area contributed by atoms with Gasteiger partial charge in [0.15, 0.2) is 0 Å². The van der Waals surface area contributed by atoms with Crippen LogP contribution in [-0.4, -0.2) is 17.5 Å². The quantitative estimate of drug-likeness (QED) is 0.711.